The summed E-state index contributed by atoms with van der Waals surface area (Å²) in [5.41, 5.74) is 2.61. The molecule has 0 fully saturated rings. The van der Waals surface area contributed by atoms with E-state index in [0.29, 0.717) is 5.69 Å². The molecular weight excluding hydrogens is 375 g/mol. The van der Waals surface area contributed by atoms with Gasteiger partial charge in [-0.05, 0) is 35.7 Å². The van der Waals surface area contributed by atoms with Gasteiger partial charge in [-0.2, -0.15) is 0 Å². The molecule has 0 aromatic heterocycles. The quantitative estimate of drug-likeness (QED) is 0.869. The molecule has 0 radical (unpaired) electrons. The highest BCUT2D eigenvalue weighted by molar-refractivity contribution is 9.10. The lowest BCUT2D eigenvalue weighted by atomic mass is 10.1. The summed E-state index contributed by atoms with van der Waals surface area (Å²) in [6.07, 6.45) is 0.655. The van der Waals surface area contributed by atoms with Gasteiger partial charge in [0, 0.05) is 17.9 Å². The monoisotopic (exact) mass is 390 g/mol. The van der Waals surface area contributed by atoms with E-state index in [1.54, 1.807) is 24.3 Å². The van der Waals surface area contributed by atoms with Crippen LogP contribution in [0.1, 0.15) is 18.1 Å². The van der Waals surface area contributed by atoms with Crippen molar-refractivity contribution in [3.63, 3.8) is 0 Å². The normalized spacial score (nSPS) is 12.5. The summed E-state index contributed by atoms with van der Waals surface area (Å²) >= 11 is 3.42. The van der Waals surface area contributed by atoms with Crippen LogP contribution in [0.3, 0.4) is 0 Å². The molecule has 0 saturated carbocycles. The van der Waals surface area contributed by atoms with Crippen LogP contribution in [0.5, 0.6) is 0 Å². The molecule has 6 heteroatoms. The number of fused-ring (bicyclic) bond motifs is 1. The summed E-state index contributed by atoms with van der Waals surface area (Å²) < 4.78 is 14.6. The Morgan fingerprint density at radius 3 is 2.75 bits per heavy atom. The number of imide groups is 1. The van der Waals surface area contributed by atoms with Gasteiger partial charge in [-0.3, -0.25) is 9.59 Å². The lowest BCUT2D eigenvalue weighted by Gasteiger charge is -2.22. The van der Waals surface area contributed by atoms with Crippen molar-refractivity contribution in [3.8, 4) is 0 Å². The van der Waals surface area contributed by atoms with Crippen LogP contribution in [0.4, 0.5) is 15.8 Å². The number of hydrogen-bond acceptors (Lipinski definition) is 3. The first kappa shape index (κ1) is 16.6. The van der Waals surface area contributed by atoms with Crippen molar-refractivity contribution in [2.45, 2.75) is 19.8 Å². The van der Waals surface area contributed by atoms with E-state index in [9.17, 15) is 14.0 Å². The predicted octanol–water partition coefficient (Wildman–Crippen LogP) is 3.68. The van der Waals surface area contributed by atoms with Crippen molar-refractivity contribution >= 4 is 39.1 Å². The molecule has 24 heavy (non-hydrogen) atoms. The van der Waals surface area contributed by atoms with Gasteiger partial charge in [-0.1, -0.05) is 34.1 Å². The number of nitrogens with zero attached hydrogens (tertiary/aromatic N) is 1. The predicted molar refractivity (Wildman–Crippen MR) is 94.6 cm³/mol. The van der Waals surface area contributed by atoms with Gasteiger partial charge in [0.1, 0.15) is 5.82 Å². The minimum absolute atomic E-state index is 0.173. The third kappa shape index (κ3) is 3.19. The Morgan fingerprint density at radius 2 is 2.04 bits per heavy atom. The SMILES string of the molecule is CC(=O)N(C(=O)Cc1ccccc1F)c1cc(Br)cc2c1NCC2. The fourth-order valence-corrected chi connectivity index (χ4v) is 3.40. The van der Waals surface area contributed by atoms with Crippen LogP contribution in [0, 0.1) is 5.82 Å². The summed E-state index contributed by atoms with van der Waals surface area (Å²) in [5.74, 6) is -1.31. The minimum Gasteiger partial charge on any atom is -0.383 e. The molecule has 1 aliphatic heterocycles. The second kappa shape index (κ2) is 6.73. The number of amides is 2. The summed E-state index contributed by atoms with van der Waals surface area (Å²) in [5, 5.41) is 3.22. The van der Waals surface area contributed by atoms with Crippen molar-refractivity contribution in [2.75, 3.05) is 16.8 Å². The highest BCUT2D eigenvalue weighted by Gasteiger charge is 2.27. The Morgan fingerprint density at radius 1 is 1.29 bits per heavy atom. The molecule has 4 nitrogen and oxygen atoms in total. The Hall–Kier alpha value is -2.21. The molecule has 1 N–H and O–H groups in total. The highest BCUT2D eigenvalue weighted by Crippen LogP contribution is 2.37. The zero-order valence-electron chi connectivity index (χ0n) is 13.1. The van der Waals surface area contributed by atoms with Crippen molar-refractivity contribution in [1.29, 1.82) is 0 Å². The van der Waals surface area contributed by atoms with Gasteiger partial charge in [0.2, 0.25) is 11.8 Å². The Balaban J connectivity index is 1.98. The number of carbonyl (C=O) groups is 2. The van der Waals surface area contributed by atoms with E-state index in [1.807, 2.05) is 6.07 Å². The van der Waals surface area contributed by atoms with Crippen molar-refractivity contribution < 1.29 is 14.0 Å². The van der Waals surface area contributed by atoms with Crippen LogP contribution in [0.2, 0.25) is 0 Å². The molecule has 0 atom stereocenters. The molecular formula is C18H16BrFN2O2. The summed E-state index contributed by atoms with van der Waals surface area (Å²) in [6, 6.07) is 9.80. The molecule has 0 unspecified atom stereocenters. The Bertz CT molecular complexity index is 823. The maximum absolute atomic E-state index is 13.8. The van der Waals surface area contributed by atoms with E-state index < -0.39 is 17.6 Å². The van der Waals surface area contributed by atoms with Crippen LogP contribution in [0.15, 0.2) is 40.9 Å². The summed E-state index contributed by atoms with van der Waals surface area (Å²) in [7, 11) is 0. The zero-order valence-corrected chi connectivity index (χ0v) is 14.7. The van der Waals surface area contributed by atoms with Crippen LogP contribution < -0.4 is 10.2 Å². The van der Waals surface area contributed by atoms with E-state index in [-0.39, 0.29) is 12.0 Å². The molecule has 0 aliphatic carbocycles. The van der Waals surface area contributed by atoms with Crippen molar-refractivity contribution in [2.24, 2.45) is 0 Å². The van der Waals surface area contributed by atoms with E-state index in [1.165, 1.54) is 13.0 Å². The van der Waals surface area contributed by atoms with E-state index in [0.717, 1.165) is 33.6 Å². The van der Waals surface area contributed by atoms with Gasteiger partial charge in [-0.25, -0.2) is 9.29 Å². The van der Waals surface area contributed by atoms with Gasteiger partial charge in [0.05, 0.1) is 17.8 Å². The number of hydrogen-bond donors (Lipinski definition) is 1. The van der Waals surface area contributed by atoms with Gasteiger partial charge >= 0.3 is 0 Å². The summed E-state index contributed by atoms with van der Waals surface area (Å²) in [4.78, 5) is 26.0. The Labute approximate surface area is 147 Å². The van der Waals surface area contributed by atoms with Crippen LogP contribution in [-0.2, 0) is 22.4 Å². The fraction of sp³-hybridized carbons (Fsp3) is 0.222. The topological polar surface area (TPSA) is 49.4 Å². The molecule has 0 bridgehead atoms. The maximum atomic E-state index is 13.8. The average Bonchev–Trinajstić information content (AvgIpc) is 2.97. The molecule has 0 saturated heterocycles. The molecule has 0 spiro atoms. The fourth-order valence-electron chi connectivity index (χ4n) is 2.91. The number of halogens is 2. The average molecular weight is 391 g/mol. The van der Waals surface area contributed by atoms with Gasteiger partial charge in [-0.15, -0.1) is 0 Å². The van der Waals surface area contributed by atoms with Crippen LogP contribution in [0.25, 0.3) is 0 Å². The molecule has 3 rings (SSSR count). The third-order valence-corrected chi connectivity index (χ3v) is 4.42. The smallest absolute Gasteiger partial charge is 0.238 e. The Kier molecular flexibility index (Phi) is 4.66. The number of carbonyl (C=O) groups excluding carboxylic acids is 2. The van der Waals surface area contributed by atoms with E-state index >= 15 is 0 Å². The van der Waals surface area contributed by atoms with Crippen molar-refractivity contribution in [3.05, 3.63) is 57.8 Å². The molecule has 2 amide bonds. The van der Waals surface area contributed by atoms with Crippen LogP contribution >= 0.6 is 15.9 Å². The number of nitrogens with one attached hydrogen (secondary N) is 1. The number of rotatable bonds is 3. The second-order valence-electron chi connectivity index (χ2n) is 5.65. The van der Waals surface area contributed by atoms with Gasteiger partial charge < -0.3 is 5.32 Å². The first-order valence-electron chi connectivity index (χ1n) is 7.60. The van der Waals surface area contributed by atoms with E-state index in [4.69, 9.17) is 0 Å². The van der Waals surface area contributed by atoms with Gasteiger partial charge in [0.15, 0.2) is 0 Å². The maximum Gasteiger partial charge on any atom is 0.238 e. The largest absolute Gasteiger partial charge is 0.383 e. The lowest BCUT2D eigenvalue weighted by molar-refractivity contribution is -0.125. The standard InChI is InChI=1S/C18H16BrFN2O2/c1-11(23)22(17(24)9-12-4-2-3-5-15(12)20)16-10-14(19)8-13-6-7-21-18(13)16/h2-5,8,10,21H,6-7,9H2,1H3. The molecule has 1 aliphatic rings. The first-order valence-corrected chi connectivity index (χ1v) is 8.40. The lowest BCUT2D eigenvalue weighted by Crippen LogP contribution is -2.37. The molecule has 1 heterocycles. The third-order valence-electron chi connectivity index (χ3n) is 3.96. The number of anilines is 2. The van der Waals surface area contributed by atoms with Gasteiger partial charge in [0.25, 0.3) is 0 Å². The first-order chi connectivity index (χ1) is 11.5. The molecule has 2 aromatic rings. The number of benzene rings is 2. The van der Waals surface area contributed by atoms with Crippen LogP contribution in [-0.4, -0.2) is 18.4 Å². The summed E-state index contributed by atoms with van der Waals surface area (Å²) in [6.45, 7) is 2.09. The molecule has 2 aromatic carbocycles. The molecule has 124 valence electrons. The van der Waals surface area contributed by atoms with Crippen molar-refractivity contribution in [1.82, 2.24) is 0 Å². The second-order valence-corrected chi connectivity index (χ2v) is 6.57. The minimum atomic E-state index is -0.457. The zero-order chi connectivity index (χ0) is 17.3. The highest BCUT2D eigenvalue weighted by atomic mass is 79.9. The van der Waals surface area contributed by atoms with E-state index in [2.05, 4.69) is 21.2 Å².